The fraction of sp³-hybridized carbons (Fsp3) is 0.167. The highest BCUT2D eigenvalue weighted by atomic mass is 32.1. The Morgan fingerprint density at radius 3 is 2.37 bits per heavy atom. The number of piperazine rings is 1. The van der Waals surface area contributed by atoms with Gasteiger partial charge in [0.15, 0.2) is 0 Å². The number of carbonyl (C=O) groups is 3. The Morgan fingerprint density at radius 2 is 1.79 bits per heavy atom. The van der Waals surface area contributed by atoms with E-state index in [9.17, 15) is 14.4 Å². The standard InChI is InChI=1S/C12H11N3O3S/c13-11(19)7-2-1-3-8(4-7)12(18)15-5-9(16)14-10(17)6-15/h1-4H,5-6H2,(H2,13,19)(H,14,16,17). The Morgan fingerprint density at radius 1 is 1.21 bits per heavy atom. The average molecular weight is 277 g/mol. The third-order valence-corrected chi connectivity index (χ3v) is 2.86. The number of nitrogens with two attached hydrogens (primary N) is 1. The van der Waals surface area contributed by atoms with Crippen molar-refractivity contribution < 1.29 is 14.4 Å². The number of imide groups is 1. The Bertz CT molecular complexity index is 569. The van der Waals surface area contributed by atoms with Crippen molar-refractivity contribution in [3.05, 3.63) is 35.4 Å². The number of nitrogens with one attached hydrogen (secondary N) is 1. The van der Waals surface area contributed by atoms with Gasteiger partial charge in [0, 0.05) is 11.1 Å². The van der Waals surface area contributed by atoms with Crippen molar-refractivity contribution in [2.75, 3.05) is 13.1 Å². The summed E-state index contributed by atoms with van der Waals surface area (Å²) in [5.41, 5.74) is 6.40. The fourth-order valence-corrected chi connectivity index (χ4v) is 1.90. The van der Waals surface area contributed by atoms with E-state index in [1.54, 1.807) is 24.3 Å². The molecular formula is C12H11N3O3S. The number of hydrogen-bond acceptors (Lipinski definition) is 4. The summed E-state index contributed by atoms with van der Waals surface area (Å²) in [6.07, 6.45) is 0. The summed E-state index contributed by atoms with van der Waals surface area (Å²) in [5, 5.41) is 2.13. The molecule has 6 nitrogen and oxygen atoms in total. The highest BCUT2D eigenvalue weighted by Gasteiger charge is 2.27. The minimum atomic E-state index is -0.491. The first-order chi connectivity index (χ1) is 8.97. The maximum absolute atomic E-state index is 12.2. The van der Waals surface area contributed by atoms with Crippen LogP contribution in [0.2, 0.25) is 0 Å². The number of amides is 3. The topological polar surface area (TPSA) is 92.5 Å². The number of nitrogens with zero attached hydrogens (tertiary/aromatic N) is 1. The molecule has 1 aliphatic heterocycles. The van der Waals surface area contributed by atoms with Crippen molar-refractivity contribution >= 4 is 34.9 Å². The smallest absolute Gasteiger partial charge is 0.254 e. The maximum Gasteiger partial charge on any atom is 0.254 e. The van der Waals surface area contributed by atoms with E-state index < -0.39 is 17.7 Å². The highest BCUT2D eigenvalue weighted by molar-refractivity contribution is 7.80. The predicted octanol–water partition coefficient (Wildman–Crippen LogP) is -0.581. The molecule has 3 N–H and O–H groups in total. The Kier molecular flexibility index (Phi) is 3.57. The van der Waals surface area contributed by atoms with E-state index in [4.69, 9.17) is 18.0 Å². The molecule has 19 heavy (non-hydrogen) atoms. The van der Waals surface area contributed by atoms with E-state index in [-0.39, 0.29) is 18.1 Å². The molecule has 0 saturated carbocycles. The second-order valence-electron chi connectivity index (χ2n) is 4.08. The van der Waals surface area contributed by atoms with Crippen LogP contribution >= 0.6 is 12.2 Å². The van der Waals surface area contributed by atoms with Gasteiger partial charge in [0.25, 0.3) is 5.91 Å². The number of carbonyl (C=O) groups excluding carboxylic acids is 3. The van der Waals surface area contributed by atoms with Gasteiger partial charge in [-0.05, 0) is 12.1 Å². The first-order valence-corrected chi connectivity index (χ1v) is 5.90. The van der Waals surface area contributed by atoms with Crippen LogP contribution in [0.5, 0.6) is 0 Å². The van der Waals surface area contributed by atoms with Gasteiger partial charge in [0.2, 0.25) is 11.8 Å². The first-order valence-electron chi connectivity index (χ1n) is 5.49. The maximum atomic E-state index is 12.2. The van der Waals surface area contributed by atoms with Crippen molar-refractivity contribution in [2.24, 2.45) is 5.73 Å². The van der Waals surface area contributed by atoms with E-state index in [0.717, 1.165) is 0 Å². The summed E-state index contributed by atoms with van der Waals surface area (Å²) < 4.78 is 0. The summed E-state index contributed by atoms with van der Waals surface area (Å²) in [7, 11) is 0. The van der Waals surface area contributed by atoms with Crippen molar-refractivity contribution in [3.63, 3.8) is 0 Å². The lowest BCUT2D eigenvalue weighted by Gasteiger charge is -2.25. The van der Waals surface area contributed by atoms with E-state index in [0.29, 0.717) is 11.1 Å². The van der Waals surface area contributed by atoms with Crippen molar-refractivity contribution in [1.82, 2.24) is 10.2 Å². The van der Waals surface area contributed by atoms with E-state index in [1.807, 2.05) is 0 Å². The third-order valence-electron chi connectivity index (χ3n) is 2.63. The average Bonchev–Trinajstić information content (AvgIpc) is 2.37. The summed E-state index contributed by atoms with van der Waals surface area (Å²) in [6, 6.07) is 6.46. The molecule has 1 aromatic rings. The molecule has 0 aromatic heterocycles. The van der Waals surface area contributed by atoms with Crippen LogP contribution in [0.4, 0.5) is 0 Å². The van der Waals surface area contributed by atoms with Gasteiger partial charge in [0.1, 0.15) is 18.1 Å². The molecule has 1 aromatic carbocycles. The Hall–Kier alpha value is -2.28. The van der Waals surface area contributed by atoms with Crippen molar-refractivity contribution in [3.8, 4) is 0 Å². The summed E-state index contributed by atoms with van der Waals surface area (Å²) in [6.45, 7) is -0.274. The number of thiocarbonyl (C=S) groups is 1. The van der Waals surface area contributed by atoms with E-state index in [2.05, 4.69) is 5.32 Å². The molecule has 0 spiro atoms. The molecule has 1 saturated heterocycles. The fourth-order valence-electron chi connectivity index (χ4n) is 1.77. The summed E-state index contributed by atoms with van der Waals surface area (Å²) in [5.74, 6) is -1.38. The molecule has 7 heteroatoms. The third kappa shape index (κ3) is 2.94. The lowest BCUT2D eigenvalue weighted by molar-refractivity contribution is -0.135. The first kappa shape index (κ1) is 13.2. The van der Waals surface area contributed by atoms with Crippen LogP contribution < -0.4 is 11.1 Å². The van der Waals surface area contributed by atoms with Crippen molar-refractivity contribution in [2.45, 2.75) is 0 Å². The van der Waals surface area contributed by atoms with Gasteiger partial charge in [-0.2, -0.15) is 0 Å². The molecule has 0 aliphatic carbocycles. The van der Waals surface area contributed by atoms with Crippen LogP contribution in [0.3, 0.4) is 0 Å². The van der Waals surface area contributed by atoms with Gasteiger partial charge in [-0.25, -0.2) is 0 Å². The Labute approximate surface area is 114 Å². The van der Waals surface area contributed by atoms with Gasteiger partial charge in [0.05, 0.1) is 0 Å². The zero-order valence-electron chi connectivity index (χ0n) is 9.88. The molecule has 1 aliphatic rings. The molecule has 1 heterocycles. The Balaban J connectivity index is 2.24. The van der Waals surface area contributed by atoms with Crippen LogP contribution in [-0.4, -0.2) is 40.7 Å². The van der Waals surface area contributed by atoms with Crippen LogP contribution in [0.25, 0.3) is 0 Å². The normalized spacial score (nSPS) is 15.1. The molecule has 0 radical (unpaired) electrons. The predicted molar refractivity (Wildman–Crippen MR) is 71.4 cm³/mol. The molecule has 98 valence electrons. The number of benzene rings is 1. The minimum absolute atomic E-state index is 0.137. The van der Waals surface area contributed by atoms with Crippen molar-refractivity contribution in [1.29, 1.82) is 0 Å². The van der Waals surface area contributed by atoms with Crippen LogP contribution in [0, 0.1) is 0 Å². The van der Waals surface area contributed by atoms with Gasteiger partial charge < -0.3 is 10.6 Å². The van der Waals surface area contributed by atoms with E-state index >= 15 is 0 Å². The van der Waals surface area contributed by atoms with Crippen LogP contribution in [-0.2, 0) is 9.59 Å². The molecule has 1 fully saturated rings. The lowest BCUT2D eigenvalue weighted by atomic mass is 10.1. The lowest BCUT2D eigenvalue weighted by Crippen LogP contribution is -2.53. The molecule has 3 amide bonds. The molecular weight excluding hydrogens is 266 g/mol. The molecule has 0 atom stereocenters. The zero-order valence-corrected chi connectivity index (χ0v) is 10.7. The second kappa shape index (κ2) is 5.15. The van der Waals surface area contributed by atoms with Crippen LogP contribution in [0.15, 0.2) is 24.3 Å². The number of rotatable bonds is 2. The van der Waals surface area contributed by atoms with E-state index in [1.165, 1.54) is 4.90 Å². The van der Waals surface area contributed by atoms with Gasteiger partial charge in [-0.3, -0.25) is 19.7 Å². The molecule has 0 bridgehead atoms. The summed E-state index contributed by atoms with van der Waals surface area (Å²) in [4.78, 5) is 36.0. The largest absolute Gasteiger partial charge is 0.389 e. The highest BCUT2D eigenvalue weighted by Crippen LogP contribution is 2.10. The zero-order chi connectivity index (χ0) is 14.0. The van der Waals surface area contributed by atoms with Gasteiger partial charge in [-0.15, -0.1) is 0 Å². The quantitative estimate of drug-likeness (QED) is 0.557. The minimum Gasteiger partial charge on any atom is -0.389 e. The van der Waals surface area contributed by atoms with Crippen LogP contribution in [0.1, 0.15) is 15.9 Å². The molecule has 0 unspecified atom stereocenters. The molecule has 2 rings (SSSR count). The SMILES string of the molecule is NC(=S)c1cccc(C(=O)N2CC(=O)NC(=O)C2)c1. The second-order valence-corrected chi connectivity index (χ2v) is 4.52. The monoisotopic (exact) mass is 277 g/mol. The van der Waals surface area contributed by atoms with Gasteiger partial charge >= 0.3 is 0 Å². The summed E-state index contributed by atoms with van der Waals surface area (Å²) >= 11 is 4.84. The van der Waals surface area contributed by atoms with Gasteiger partial charge in [-0.1, -0.05) is 24.4 Å². The number of hydrogen-bond donors (Lipinski definition) is 2.